The molecule has 0 saturated carbocycles. The summed E-state index contributed by atoms with van der Waals surface area (Å²) < 4.78 is 0. The lowest BCUT2D eigenvalue weighted by Gasteiger charge is -2.19. The van der Waals surface area contributed by atoms with Crippen LogP contribution >= 0.6 is 27.5 Å². The van der Waals surface area contributed by atoms with Crippen LogP contribution in [-0.2, 0) is 4.79 Å². The maximum absolute atomic E-state index is 11.6. The summed E-state index contributed by atoms with van der Waals surface area (Å²) in [7, 11) is 0. The second-order valence-electron chi connectivity index (χ2n) is 3.83. The highest BCUT2D eigenvalue weighted by molar-refractivity contribution is 9.09. The van der Waals surface area contributed by atoms with Gasteiger partial charge in [0.2, 0.25) is 0 Å². The number of alkyl halides is 1. The molecular formula is C11H13BrClNO2. The van der Waals surface area contributed by atoms with E-state index in [9.17, 15) is 9.90 Å². The third-order valence-corrected chi connectivity index (χ3v) is 3.68. The standard InChI is InChI=1S/C11H13BrClNO2/c1-7-5-8(3-4-9(7)13)14-10(15)11(2,16)6-12/h3-5,16H,6H2,1-2H3,(H,14,15)/t11-/m0/s1. The van der Waals surface area contributed by atoms with Crippen LogP contribution in [-0.4, -0.2) is 21.9 Å². The van der Waals surface area contributed by atoms with Gasteiger partial charge in [0.25, 0.3) is 5.91 Å². The lowest BCUT2D eigenvalue weighted by molar-refractivity contribution is -0.130. The summed E-state index contributed by atoms with van der Waals surface area (Å²) in [6, 6.07) is 5.15. The average molecular weight is 307 g/mol. The van der Waals surface area contributed by atoms with E-state index in [-0.39, 0.29) is 5.33 Å². The number of carbonyl (C=O) groups is 1. The Hall–Kier alpha value is -0.580. The lowest BCUT2D eigenvalue weighted by Crippen LogP contribution is -2.41. The van der Waals surface area contributed by atoms with Crippen LogP contribution in [0.15, 0.2) is 18.2 Å². The minimum absolute atomic E-state index is 0.179. The Morgan fingerprint density at radius 1 is 1.62 bits per heavy atom. The van der Waals surface area contributed by atoms with Crippen molar-refractivity contribution in [1.82, 2.24) is 0 Å². The van der Waals surface area contributed by atoms with Gasteiger partial charge in [-0.3, -0.25) is 4.79 Å². The molecule has 0 aliphatic carbocycles. The van der Waals surface area contributed by atoms with Crippen molar-refractivity contribution in [2.24, 2.45) is 0 Å². The van der Waals surface area contributed by atoms with Crippen LogP contribution in [0.2, 0.25) is 5.02 Å². The van der Waals surface area contributed by atoms with E-state index in [0.29, 0.717) is 10.7 Å². The van der Waals surface area contributed by atoms with Crippen LogP contribution in [0.1, 0.15) is 12.5 Å². The highest BCUT2D eigenvalue weighted by Crippen LogP contribution is 2.20. The normalized spacial score (nSPS) is 14.3. The number of benzene rings is 1. The summed E-state index contributed by atoms with van der Waals surface area (Å²) >= 11 is 8.94. The van der Waals surface area contributed by atoms with Gasteiger partial charge in [-0.05, 0) is 37.6 Å². The minimum atomic E-state index is -1.42. The predicted molar refractivity (Wildman–Crippen MR) is 69.2 cm³/mol. The topological polar surface area (TPSA) is 49.3 Å². The van der Waals surface area contributed by atoms with Crippen LogP contribution in [0.3, 0.4) is 0 Å². The fourth-order valence-corrected chi connectivity index (χ4v) is 1.42. The molecule has 16 heavy (non-hydrogen) atoms. The first kappa shape index (κ1) is 13.5. The fraction of sp³-hybridized carbons (Fsp3) is 0.364. The van der Waals surface area contributed by atoms with Gasteiger partial charge in [-0.1, -0.05) is 27.5 Å². The van der Waals surface area contributed by atoms with E-state index in [1.165, 1.54) is 6.92 Å². The third-order valence-electron chi connectivity index (χ3n) is 2.17. The first-order chi connectivity index (χ1) is 7.36. The molecule has 1 aromatic rings. The number of halogens is 2. The van der Waals surface area contributed by atoms with Gasteiger partial charge in [0.1, 0.15) is 5.60 Å². The van der Waals surface area contributed by atoms with Gasteiger partial charge in [0.05, 0.1) is 0 Å². The third kappa shape index (κ3) is 3.20. The molecule has 1 amide bonds. The Morgan fingerprint density at radius 3 is 2.75 bits per heavy atom. The number of carbonyl (C=O) groups excluding carboxylic acids is 1. The Labute approximate surface area is 108 Å². The van der Waals surface area contributed by atoms with Crippen molar-refractivity contribution < 1.29 is 9.90 Å². The Morgan fingerprint density at radius 2 is 2.25 bits per heavy atom. The zero-order valence-electron chi connectivity index (χ0n) is 9.05. The molecule has 0 aliphatic rings. The van der Waals surface area contributed by atoms with Crippen molar-refractivity contribution in [3.63, 3.8) is 0 Å². The highest BCUT2D eigenvalue weighted by atomic mass is 79.9. The lowest BCUT2D eigenvalue weighted by atomic mass is 10.1. The minimum Gasteiger partial charge on any atom is -0.379 e. The molecule has 0 aliphatic heterocycles. The second-order valence-corrected chi connectivity index (χ2v) is 4.79. The van der Waals surface area contributed by atoms with Crippen LogP contribution in [0.25, 0.3) is 0 Å². The molecule has 3 nitrogen and oxygen atoms in total. The van der Waals surface area contributed by atoms with Crippen LogP contribution in [0.5, 0.6) is 0 Å². The van der Waals surface area contributed by atoms with Crippen LogP contribution in [0.4, 0.5) is 5.69 Å². The molecular weight excluding hydrogens is 293 g/mol. The van der Waals surface area contributed by atoms with E-state index in [1.54, 1.807) is 18.2 Å². The van der Waals surface area contributed by atoms with Crippen molar-refractivity contribution in [2.75, 3.05) is 10.6 Å². The highest BCUT2D eigenvalue weighted by Gasteiger charge is 2.28. The molecule has 0 fully saturated rings. The Kier molecular flexibility index (Phi) is 4.35. The van der Waals surface area contributed by atoms with Crippen molar-refractivity contribution in [2.45, 2.75) is 19.4 Å². The van der Waals surface area contributed by atoms with Crippen molar-refractivity contribution in [3.05, 3.63) is 28.8 Å². The SMILES string of the molecule is Cc1cc(NC(=O)[C@@](C)(O)CBr)ccc1Cl. The molecule has 0 radical (unpaired) electrons. The molecule has 0 unspecified atom stereocenters. The number of hydrogen-bond donors (Lipinski definition) is 2. The van der Waals surface area contributed by atoms with Crippen LogP contribution < -0.4 is 5.32 Å². The molecule has 88 valence electrons. The van der Waals surface area contributed by atoms with Gasteiger partial charge in [-0.25, -0.2) is 0 Å². The first-order valence-corrected chi connectivity index (χ1v) is 6.22. The van der Waals surface area contributed by atoms with Gasteiger partial charge in [0.15, 0.2) is 0 Å². The van der Waals surface area contributed by atoms with Crippen molar-refractivity contribution >= 4 is 39.1 Å². The van der Waals surface area contributed by atoms with Crippen LogP contribution in [0, 0.1) is 6.92 Å². The Balaban J connectivity index is 2.82. The number of hydrogen-bond acceptors (Lipinski definition) is 2. The molecule has 0 aromatic heterocycles. The summed E-state index contributed by atoms with van der Waals surface area (Å²) in [5.41, 5.74) is 0.0687. The molecule has 0 bridgehead atoms. The number of aliphatic hydroxyl groups is 1. The number of nitrogens with one attached hydrogen (secondary N) is 1. The fourth-order valence-electron chi connectivity index (χ4n) is 1.05. The molecule has 1 aromatic carbocycles. The molecule has 1 atom stereocenters. The van der Waals surface area contributed by atoms with E-state index in [4.69, 9.17) is 11.6 Å². The summed E-state index contributed by atoms with van der Waals surface area (Å²) in [5.74, 6) is -0.453. The quantitative estimate of drug-likeness (QED) is 0.844. The summed E-state index contributed by atoms with van der Waals surface area (Å²) in [4.78, 5) is 11.6. The number of amides is 1. The summed E-state index contributed by atoms with van der Waals surface area (Å²) in [6.45, 7) is 3.29. The zero-order chi connectivity index (χ0) is 12.3. The molecule has 2 N–H and O–H groups in total. The number of aryl methyl sites for hydroxylation is 1. The molecule has 0 saturated heterocycles. The predicted octanol–water partition coefficient (Wildman–Crippen LogP) is 2.73. The van der Waals surface area contributed by atoms with E-state index in [1.807, 2.05) is 6.92 Å². The largest absolute Gasteiger partial charge is 0.379 e. The van der Waals surface area contributed by atoms with Crippen molar-refractivity contribution in [1.29, 1.82) is 0 Å². The summed E-state index contributed by atoms with van der Waals surface area (Å²) in [5, 5.41) is 13.1. The van der Waals surface area contributed by atoms with E-state index in [0.717, 1.165) is 5.56 Å². The average Bonchev–Trinajstić information content (AvgIpc) is 2.23. The molecule has 5 heteroatoms. The zero-order valence-corrected chi connectivity index (χ0v) is 11.4. The number of rotatable bonds is 3. The van der Waals surface area contributed by atoms with Gasteiger partial charge < -0.3 is 10.4 Å². The maximum atomic E-state index is 11.6. The molecule has 1 rings (SSSR count). The monoisotopic (exact) mass is 305 g/mol. The van der Waals surface area contributed by atoms with E-state index in [2.05, 4.69) is 21.2 Å². The first-order valence-electron chi connectivity index (χ1n) is 4.73. The van der Waals surface area contributed by atoms with Gasteiger partial charge in [-0.2, -0.15) is 0 Å². The van der Waals surface area contributed by atoms with Gasteiger partial charge >= 0.3 is 0 Å². The summed E-state index contributed by atoms with van der Waals surface area (Å²) in [6.07, 6.45) is 0. The second kappa shape index (κ2) is 5.17. The maximum Gasteiger partial charge on any atom is 0.256 e. The Bertz CT molecular complexity index is 407. The van der Waals surface area contributed by atoms with E-state index >= 15 is 0 Å². The smallest absolute Gasteiger partial charge is 0.256 e. The number of anilines is 1. The van der Waals surface area contributed by atoms with Crippen molar-refractivity contribution in [3.8, 4) is 0 Å². The molecule has 0 heterocycles. The molecule has 0 spiro atoms. The van der Waals surface area contributed by atoms with E-state index < -0.39 is 11.5 Å². The van der Waals surface area contributed by atoms with Gasteiger partial charge in [-0.15, -0.1) is 0 Å². The van der Waals surface area contributed by atoms with Gasteiger partial charge in [0, 0.05) is 16.0 Å².